The van der Waals surface area contributed by atoms with Crippen molar-refractivity contribution in [3.63, 3.8) is 0 Å². The van der Waals surface area contributed by atoms with Gasteiger partial charge in [0.05, 0.1) is 0 Å². The van der Waals surface area contributed by atoms with Crippen molar-refractivity contribution in [2.45, 2.75) is 32.2 Å². The Balaban J connectivity index is 2.14. The smallest absolute Gasteiger partial charge is 0.201 e. The summed E-state index contributed by atoms with van der Waals surface area (Å²) in [5.74, 6) is 0.757. The lowest BCUT2D eigenvalue weighted by Crippen LogP contribution is -2.39. The van der Waals surface area contributed by atoms with Crippen LogP contribution >= 0.6 is 0 Å². The number of hydrogen-bond acceptors (Lipinski definition) is 2. The molecule has 0 saturated heterocycles. The monoisotopic (exact) mass is 163 g/mol. The molecule has 0 radical (unpaired) electrons. The van der Waals surface area contributed by atoms with Crippen LogP contribution in [-0.2, 0) is 10.9 Å². The van der Waals surface area contributed by atoms with E-state index in [1.165, 1.54) is 6.42 Å². The average molecular weight is 163 g/mol. The van der Waals surface area contributed by atoms with Gasteiger partial charge in [-0.3, -0.25) is 0 Å². The Morgan fingerprint density at radius 3 is 2.50 bits per heavy atom. The van der Waals surface area contributed by atoms with Gasteiger partial charge in [0.2, 0.25) is 10.9 Å². The van der Waals surface area contributed by atoms with E-state index in [0.717, 1.165) is 18.8 Å². The van der Waals surface area contributed by atoms with Gasteiger partial charge in [0, 0.05) is 6.04 Å². The van der Waals surface area contributed by atoms with Crippen molar-refractivity contribution in [2.24, 2.45) is 5.92 Å². The van der Waals surface area contributed by atoms with Gasteiger partial charge < -0.3 is 0 Å². The third-order valence-electron chi connectivity index (χ3n) is 2.10. The molecule has 1 fully saturated rings. The van der Waals surface area contributed by atoms with Gasteiger partial charge in [-0.2, -0.15) is 0 Å². The van der Waals surface area contributed by atoms with Crippen molar-refractivity contribution < 1.29 is 8.42 Å². The molecule has 0 heterocycles. The van der Waals surface area contributed by atoms with E-state index in [1.54, 1.807) is 0 Å². The van der Waals surface area contributed by atoms with Crippen LogP contribution in [0.4, 0.5) is 0 Å². The van der Waals surface area contributed by atoms with E-state index in [2.05, 4.69) is 11.6 Å². The summed E-state index contributed by atoms with van der Waals surface area (Å²) >= 11 is 0. The van der Waals surface area contributed by atoms with Crippen molar-refractivity contribution in [1.82, 2.24) is 4.72 Å². The second-order valence-corrected chi connectivity index (χ2v) is 3.60. The molecule has 0 spiro atoms. The predicted molar refractivity (Wildman–Crippen MR) is 40.3 cm³/mol. The first kappa shape index (κ1) is 8.01. The zero-order chi connectivity index (χ0) is 7.56. The van der Waals surface area contributed by atoms with E-state index in [0.29, 0.717) is 0 Å². The Kier molecular flexibility index (Phi) is 2.68. The second-order valence-electron chi connectivity index (χ2n) is 2.83. The fraction of sp³-hybridized carbons (Fsp3) is 1.00. The van der Waals surface area contributed by atoms with Crippen molar-refractivity contribution in [3.8, 4) is 0 Å². The maximum absolute atomic E-state index is 10.1. The Morgan fingerprint density at radius 2 is 2.10 bits per heavy atom. The molecule has 1 rings (SSSR count). The summed E-state index contributed by atoms with van der Waals surface area (Å²) in [4.78, 5) is 0. The van der Waals surface area contributed by atoms with E-state index in [-0.39, 0.29) is 6.04 Å². The first-order valence-electron chi connectivity index (χ1n) is 3.63. The highest BCUT2D eigenvalue weighted by Gasteiger charge is 2.27. The molecule has 0 atom stereocenters. The summed E-state index contributed by atoms with van der Waals surface area (Å²) in [6.45, 7) is 2.14. The molecular weight excluding hydrogens is 150 g/mol. The third kappa shape index (κ3) is 1.95. The largest absolute Gasteiger partial charge is 0.216 e. The van der Waals surface area contributed by atoms with Crippen molar-refractivity contribution in [2.75, 3.05) is 0 Å². The number of rotatable bonds is 3. The van der Waals surface area contributed by atoms with Crippen LogP contribution in [0.15, 0.2) is 0 Å². The van der Waals surface area contributed by atoms with Crippen LogP contribution in [0.1, 0.15) is 26.2 Å². The standard InChI is InChI=1S/C6H13NO2S/c1-2-5-3-6(4-5)7-10(8)9/h5-6,10H,2-4H2,1H3,(H,7,8,9)/t5-,6+. The molecule has 1 N–H and O–H groups in total. The minimum Gasteiger partial charge on any atom is -0.216 e. The molecule has 0 bridgehead atoms. The Hall–Kier alpha value is -0.0900. The maximum atomic E-state index is 10.1. The Labute approximate surface area is 62.9 Å². The third-order valence-corrected chi connectivity index (χ3v) is 2.68. The first-order chi connectivity index (χ1) is 4.72. The maximum Gasteiger partial charge on any atom is 0.201 e. The lowest BCUT2D eigenvalue weighted by atomic mass is 9.79. The molecule has 1 aliphatic rings. The highest BCUT2D eigenvalue weighted by atomic mass is 32.2. The van der Waals surface area contributed by atoms with Crippen LogP contribution in [0, 0.1) is 5.92 Å². The quantitative estimate of drug-likeness (QED) is 0.587. The van der Waals surface area contributed by atoms with Gasteiger partial charge in [-0.1, -0.05) is 13.3 Å². The molecule has 60 valence electrons. The number of nitrogens with one attached hydrogen (secondary N) is 1. The average Bonchev–Trinajstić information content (AvgIpc) is 1.76. The van der Waals surface area contributed by atoms with Gasteiger partial charge in [-0.25, -0.2) is 13.1 Å². The van der Waals surface area contributed by atoms with Crippen LogP contribution in [0.3, 0.4) is 0 Å². The SMILES string of the molecule is CC[C@H]1C[C@@H](N[SH](=O)=O)C1. The van der Waals surface area contributed by atoms with Crippen LogP contribution in [0.5, 0.6) is 0 Å². The number of hydrogen-bond donors (Lipinski definition) is 2. The van der Waals surface area contributed by atoms with Gasteiger partial charge in [0.25, 0.3) is 0 Å². The first-order valence-corrected chi connectivity index (χ1v) is 4.80. The van der Waals surface area contributed by atoms with E-state index in [4.69, 9.17) is 0 Å². The van der Waals surface area contributed by atoms with E-state index < -0.39 is 10.9 Å². The second kappa shape index (κ2) is 3.34. The molecule has 0 amide bonds. The lowest BCUT2D eigenvalue weighted by Gasteiger charge is -2.33. The van der Waals surface area contributed by atoms with Gasteiger partial charge in [-0.15, -0.1) is 0 Å². The van der Waals surface area contributed by atoms with Gasteiger partial charge in [0.1, 0.15) is 0 Å². The normalized spacial score (nSPS) is 32.2. The van der Waals surface area contributed by atoms with Crippen molar-refractivity contribution in [3.05, 3.63) is 0 Å². The molecule has 0 aromatic rings. The number of thiol groups is 1. The lowest BCUT2D eigenvalue weighted by molar-refractivity contribution is 0.243. The molecule has 3 nitrogen and oxygen atoms in total. The molecule has 10 heavy (non-hydrogen) atoms. The fourth-order valence-electron chi connectivity index (χ4n) is 1.32. The molecule has 4 heteroatoms. The van der Waals surface area contributed by atoms with Gasteiger partial charge >= 0.3 is 0 Å². The van der Waals surface area contributed by atoms with E-state index >= 15 is 0 Å². The molecule has 0 aliphatic heterocycles. The molecule has 1 saturated carbocycles. The molecule has 0 aromatic heterocycles. The molecule has 0 aromatic carbocycles. The molecule has 0 unspecified atom stereocenters. The van der Waals surface area contributed by atoms with Crippen molar-refractivity contribution >= 4 is 10.9 Å². The van der Waals surface area contributed by atoms with Crippen LogP contribution in [0.25, 0.3) is 0 Å². The summed E-state index contributed by atoms with van der Waals surface area (Å²) in [6, 6.07) is 0.242. The Bertz CT molecular complexity index is 165. The Morgan fingerprint density at radius 1 is 1.50 bits per heavy atom. The predicted octanol–water partition coefficient (Wildman–Crippen LogP) is 0.291. The van der Waals surface area contributed by atoms with Crippen LogP contribution in [-0.4, -0.2) is 14.5 Å². The van der Waals surface area contributed by atoms with Crippen LogP contribution < -0.4 is 4.72 Å². The minimum absolute atomic E-state index is 0.242. The van der Waals surface area contributed by atoms with Gasteiger partial charge in [-0.05, 0) is 18.8 Å². The summed E-state index contributed by atoms with van der Waals surface area (Å²) in [7, 11) is -2.37. The fourth-order valence-corrected chi connectivity index (χ4v) is 1.83. The molecular formula is C6H13NO2S. The highest BCUT2D eigenvalue weighted by molar-refractivity contribution is 7.70. The topological polar surface area (TPSA) is 46.2 Å². The summed E-state index contributed by atoms with van der Waals surface area (Å²) in [5.41, 5.74) is 0. The zero-order valence-corrected chi connectivity index (χ0v) is 6.93. The van der Waals surface area contributed by atoms with Crippen LogP contribution in [0.2, 0.25) is 0 Å². The summed E-state index contributed by atoms with van der Waals surface area (Å²) in [5, 5.41) is 0. The van der Waals surface area contributed by atoms with Crippen molar-refractivity contribution in [1.29, 1.82) is 0 Å². The molecule has 1 aliphatic carbocycles. The van der Waals surface area contributed by atoms with E-state index in [1.807, 2.05) is 0 Å². The summed E-state index contributed by atoms with van der Waals surface area (Å²) in [6.07, 6.45) is 3.23. The van der Waals surface area contributed by atoms with E-state index in [9.17, 15) is 8.42 Å². The summed E-state index contributed by atoms with van der Waals surface area (Å²) < 4.78 is 22.7. The van der Waals surface area contributed by atoms with Gasteiger partial charge in [0.15, 0.2) is 0 Å². The highest BCUT2D eigenvalue weighted by Crippen LogP contribution is 2.29. The zero-order valence-electron chi connectivity index (χ0n) is 6.04. The minimum atomic E-state index is -2.37.